The molecule has 0 amide bonds. The van der Waals surface area contributed by atoms with E-state index in [9.17, 15) is 40.2 Å². The molecule has 0 radical (unpaired) electrons. The molecule has 8 rings (SSSR count). The molecule has 6 aromatic rings. The normalized spacial score (nSPS) is 20.3. The Morgan fingerprint density at radius 2 is 1.05 bits per heavy atom. The van der Waals surface area contributed by atoms with Crippen LogP contribution < -0.4 is 0 Å². The van der Waals surface area contributed by atoms with E-state index in [0.717, 1.165) is 80.8 Å². The molecule has 0 bridgehead atoms. The van der Waals surface area contributed by atoms with Crippen LogP contribution in [0.5, 0.6) is 0 Å². The molecule has 1 saturated carbocycles. The number of alkyl halides is 6. The highest BCUT2D eigenvalue weighted by Crippen LogP contribution is 2.48. The van der Waals surface area contributed by atoms with E-state index in [1.165, 1.54) is 18.2 Å². The Morgan fingerprint density at radius 3 is 1.52 bits per heavy atom. The minimum absolute atomic E-state index is 0. The Hall–Kier alpha value is -3.68. The summed E-state index contributed by atoms with van der Waals surface area (Å²) in [7, 11) is 0. The van der Waals surface area contributed by atoms with E-state index in [0.29, 0.717) is 63.8 Å². The predicted octanol–water partition coefficient (Wildman–Crippen LogP) is 16.5. The SMILES string of the molecule is C.CCCC1CC=C(c2ccc3c(sc4c(F)c(C(F)(F)F)ccc43)c2F)CC1.CCCC1CCC(O)(c2ccc3c(sc4c(F)c(C(F)(F)F)ccc43)c2F)CC1. The van der Waals surface area contributed by atoms with Crippen LogP contribution in [0.25, 0.3) is 45.9 Å². The van der Waals surface area contributed by atoms with Crippen LogP contribution in [0.1, 0.15) is 114 Å². The molecule has 312 valence electrons. The summed E-state index contributed by atoms with van der Waals surface area (Å²) in [5.74, 6) is -2.69. The van der Waals surface area contributed by atoms with E-state index in [1.807, 2.05) is 0 Å². The first-order valence-corrected chi connectivity index (χ1v) is 20.8. The molecule has 13 heteroatoms. The summed E-state index contributed by atoms with van der Waals surface area (Å²) in [6.45, 7) is 4.26. The summed E-state index contributed by atoms with van der Waals surface area (Å²) in [6.07, 6.45) is 2.10. The first-order valence-electron chi connectivity index (χ1n) is 19.2. The van der Waals surface area contributed by atoms with Gasteiger partial charge in [0.2, 0.25) is 0 Å². The van der Waals surface area contributed by atoms with E-state index in [-0.39, 0.29) is 37.2 Å². The Kier molecular flexibility index (Phi) is 12.7. The van der Waals surface area contributed by atoms with Gasteiger partial charge in [-0.2, -0.15) is 26.3 Å². The summed E-state index contributed by atoms with van der Waals surface area (Å²) in [5, 5.41) is 12.5. The average molecular weight is 855 g/mol. The van der Waals surface area contributed by atoms with Gasteiger partial charge in [-0.05, 0) is 74.5 Å². The van der Waals surface area contributed by atoms with Crippen LogP contribution in [-0.2, 0) is 18.0 Å². The molecule has 0 saturated heterocycles. The summed E-state index contributed by atoms with van der Waals surface area (Å²) >= 11 is 1.42. The summed E-state index contributed by atoms with van der Waals surface area (Å²) in [5.41, 5.74) is -2.41. The minimum Gasteiger partial charge on any atom is -0.385 e. The van der Waals surface area contributed by atoms with Crippen molar-refractivity contribution < 1.29 is 49.0 Å². The Morgan fingerprint density at radius 1 is 0.603 bits per heavy atom. The molecule has 0 spiro atoms. The number of hydrogen-bond donors (Lipinski definition) is 1. The fourth-order valence-corrected chi connectivity index (χ4v) is 11.0. The van der Waals surface area contributed by atoms with Gasteiger partial charge in [0, 0.05) is 32.7 Å². The number of aliphatic hydroxyl groups is 1. The standard InChI is InChI=1S/C22H21F5OS.C22H19F5S.CH4/c1-2-3-12-8-10-21(28,11-9-12)15-6-4-13-14-5-7-16(22(25,26)27)18(24)20(14)29-19(13)17(15)23;1-2-3-12-4-6-13(7-5-12)14-8-9-15-16-10-11-17(22(25,26)27)19(24)21(16)28-20(15)18(14)23;/h4-7,12,28H,2-3,8-11H2,1H3;6,8-12H,2-5,7H2,1H3;1H4. The zero-order chi connectivity index (χ0) is 41.0. The maximum absolute atomic E-state index is 15.4. The number of hydrogen-bond acceptors (Lipinski definition) is 3. The lowest BCUT2D eigenvalue weighted by atomic mass is 9.74. The fraction of sp³-hybridized carbons (Fsp3) is 0.422. The van der Waals surface area contributed by atoms with Crippen molar-refractivity contribution in [2.45, 2.75) is 110 Å². The minimum atomic E-state index is -4.82. The van der Waals surface area contributed by atoms with E-state index in [2.05, 4.69) is 19.9 Å². The first-order chi connectivity index (χ1) is 27.0. The Bertz CT molecular complexity index is 2480. The molecule has 1 fully saturated rings. The van der Waals surface area contributed by atoms with Crippen LogP contribution in [-0.4, -0.2) is 5.11 Å². The van der Waals surface area contributed by atoms with Gasteiger partial charge in [-0.1, -0.05) is 89.4 Å². The van der Waals surface area contributed by atoms with Crippen molar-refractivity contribution in [2.24, 2.45) is 11.8 Å². The van der Waals surface area contributed by atoms with Crippen LogP contribution in [0.3, 0.4) is 0 Å². The first kappa shape index (κ1) is 43.9. The number of rotatable bonds is 6. The van der Waals surface area contributed by atoms with Gasteiger partial charge in [-0.15, -0.1) is 22.7 Å². The van der Waals surface area contributed by atoms with Crippen LogP contribution >= 0.6 is 22.7 Å². The monoisotopic (exact) mass is 854 g/mol. The molecular formula is C45H44F10OS2. The number of thiophene rings is 2. The van der Waals surface area contributed by atoms with Gasteiger partial charge in [0.25, 0.3) is 0 Å². The molecule has 2 aliphatic rings. The molecule has 4 aromatic carbocycles. The van der Waals surface area contributed by atoms with Gasteiger partial charge >= 0.3 is 12.4 Å². The largest absolute Gasteiger partial charge is 0.419 e. The summed E-state index contributed by atoms with van der Waals surface area (Å²) < 4.78 is 137. The Labute approximate surface area is 338 Å². The molecule has 2 aliphatic carbocycles. The topological polar surface area (TPSA) is 20.2 Å². The van der Waals surface area contributed by atoms with Gasteiger partial charge in [-0.3, -0.25) is 0 Å². The highest BCUT2D eigenvalue weighted by molar-refractivity contribution is 7.26. The van der Waals surface area contributed by atoms with Crippen molar-refractivity contribution in [1.29, 1.82) is 0 Å². The number of halogens is 10. The highest BCUT2D eigenvalue weighted by Gasteiger charge is 2.39. The molecule has 2 heterocycles. The number of allylic oxidation sites excluding steroid dienone is 2. The van der Waals surface area contributed by atoms with Crippen molar-refractivity contribution in [3.63, 3.8) is 0 Å². The van der Waals surface area contributed by atoms with Crippen molar-refractivity contribution in [3.8, 4) is 0 Å². The van der Waals surface area contributed by atoms with Crippen molar-refractivity contribution in [3.05, 3.63) is 100 Å². The molecule has 0 aliphatic heterocycles. The van der Waals surface area contributed by atoms with Crippen LogP contribution in [0, 0.1) is 35.1 Å². The molecule has 2 aromatic heterocycles. The second-order valence-corrected chi connectivity index (χ2v) is 17.4. The molecule has 1 atom stereocenters. The number of benzene rings is 4. The maximum Gasteiger partial charge on any atom is 0.419 e. The fourth-order valence-electron chi connectivity index (χ4n) is 8.65. The van der Waals surface area contributed by atoms with Crippen molar-refractivity contribution in [1.82, 2.24) is 0 Å². The average Bonchev–Trinajstić information content (AvgIpc) is 3.74. The smallest absolute Gasteiger partial charge is 0.385 e. The van der Waals surface area contributed by atoms with E-state index >= 15 is 8.78 Å². The van der Waals surface area contributed by atoms with Crippen molar-refractivity contribution >= 4 is 68.6 Å². The lowest BCUT2D eigenvalue weighted by molar-refractivity contribution is -0.140. The van der Waals surface area contributed by atoms with Gasteiger partial charge in [-0.25, -0.2) is 17.6 Å². The van der Waals surface area contributed by atoms with E-state index < -0.39 is 52.3 Å². The van der Waals surface area contributed by atoms with Gasteiger partial charge in [0.05, 0.1) is 35.5 Å². The molecule has 1 nitrogen and oxygen atoms in total. The van der Waals surface area contributed by atoms with Crippen LogP contribution in [0.2, 0.25) is 0 Å². The third-order valence-electron chi connectivity index (χ3n) is 11.7. The van der Waals surface area contributed by atoms with E-state index in [4.69, 9.17) is 0 Å². The third-order valence-corrected chi connectivity index (χ3v) is 14.1. The third kappa shape index (κ3) is 8.11. The van der Waals surface area contributed by atoms with Gasteiger partial charge in [0.1, 0.15) is 11.6 Å². The summed E-state index contributed by atoms with van der Waals surface area (Å²) in [6, 6.07) is 10.3. The molecule has 1 N–H and O–H groups in total. The second-order valence-electron chi connectivity index (χ2n) is 15.3. The maximum atomic E-state index is 15.4. The summed E-state index contributed by atoms with van der Waals surface area (Å²) in [4.78, 5) is 0. The lowest BCUT2D eigenvalue weighted by Crippen LogP contribution is -2.32. The molecular weight excluding hydrogens is 811 g/mol. The second kappa shape index (κ2) is 16.8. The zero-order valence-electron chi connectivity index (χ0n) is 31.2. The molecule has 1 unspecified atom stereocenters. The van der Waals surface area contributed by atoms with E-state index in [1.54, 1.807) is 18.2 Å². The van der Waals surface area contributed by atoms with Crippen LogP contribution in [0.4, 0.5) is 43.9 Å². The quantitative estimate of drug-likeness (QED) is 0.166. The zero-order valence-corrected chi connectivity index (χ0v) is 32.8. The number of fused-ring (bicyclic) bond motifs is 6. The van der Waals surface area contributed by atoms with Gasteiger partial charge in [0.15, 0.2) is 11.6 Å². The van der Waals surface area contributed by atoms with Crippen molar-refractivity contribution in [2.75, 3.05) is 0 Å². The molecule has 58 heavy (non-hydrogen) atoms. The van der Waals surface area contributed by atoms with Gasteiger partial charge < -0.3 is 5.11 Å². The Balaban J connectivity index is 0.000000192. The van der Waals surface area contributed by atoms with Crippen LogP contribution in [0.15, 0.2) is 54.6 Å². The highest BCUT2D eigenvalue weighted by atomic mass is 32.1. The predicted molar refractivity (Wildman–Crippen MR) is 216 cm³/mol. The lowest BCUT2D eigenvalue weighted by Gasteiger charge is -2.36.